The minimum absolute atomic E-state index is 0. The fourth-order valence-electron chi connectivity index (χ4n) is 1.60. The molecule has 0 radical (unpaired) electrons. The van der Waals surface area contributed by atoms with Gasteiger partial charge < -0.3 is 9.84 Å². The van der Waals surface area contributed by atoms with Gasteiger partial charge in [-0.15, -0.1) is 0 Å². The summed E-state index contributed by atoms with van der Waals surface area (Å²) in [5, 5.41) is 10.1. The second kappa shape index (κ2) is 4.72. The Hall–Kier alpha value is -1.97. The molecular formula is C14H19NO3. The van der Waals surface area contributed by atoms with Crippen molar-refractivity contribution < 1.29 is 14.6 Å². The van der Waals surface area contributed by atoms with Crippen molar-refractivity contribution in [1.29, 1.82) is 0 Å². The molecule has 0 unspecified atom stereocenters. The summed E-state index contributed by atoms with van der Waals surface area (Å²) in [6.45, 7) is 5.47. The Morgan fingerprint density at radius 2 is 1.94 bits per heavy atom. The number of rotatable bonds is 0. The van der Waals surface area contributed by atoms with Crippen LogP contribution in [0.5, 0.6) is 5.75 Å². The molecule has 0 aliphatic heterocycles. The molecule has 1 N–H and O–H groups in total. The van der Waals surface area contributed by atoms with Gasteiger partial charge in [0.2, 0.25) is 0 Å². The number of phenolic OH excluding ortho intramolecular Hbond substituents is 1. The van der Waals surface area contributed by atoms with Crippen LogP contribution >= 0.6 is 0 Å². The summed E-state index contributed by atoms with van der Waals surface area (Å²) < 4.78 is 6.71. The van der Waals surface area contributed by atoms with E-state index in [2.05, 4.69) is 0 Å². The Kier molecular flexibility index (Phi) is 3.70. The maximum absolute atomic E-state index is 11.9. The number of aromatic hydroxyl groups is 1. The van der Waals surface area contributed by atoms with E-state index in [1.54, 1.807) is 30.5 Å². The highest BCUT2D eigenvalue weighted by atomic mass is 16.6. The van der Waals surface area contributed by atoms with Crippen LogP contribution in [0, 0.1) is 0 Å². The highest BCUT2D eigenvalue weighted by molar-refractivity contribution is 5.90. The van der Waals surface area contributed by atoms with E-state index in [0.717, 1.165) is 10.9 Å². The lowest BCUT2D eigenvalue weighted by atomic mass is 10.2. The maximum atomic E-state index is 11.9. The summed E-state index contributed by atoms with van der Waals surface area (Å²) in [6, 6.07) is 6.60. The second-order valence-corrected chi connectivity index (χ2v) is 4.91. The average Bonchev–Trinajstić information content (AvgIpc) is 2.57. The molecule has 98 valence electrons. The normalized spacial score (nSPS) is 11.1. The van der Waals surface area contributed by atoms with Crippen LogP contribution in [-0.2, 0) is 4.74 Å². The summed E-state index contributed by atoms with van der Waals surface area (Å²) in [5.41, 5.74) is 0.196. The van der Waals surface area contributed by atoms with Crippen LogP contribution in [0.15, 0.2) is 30.5 Å². The first-order valence-electron chi connectivity index (χ1n) is 5.40. The topological polar surface area (TPSA) is 51.5 Å². The predicted molar refractivity (Wildman–Crippen MR) is 72.0 cm³/mol. The number of carbonyl (C=O) groups excluding carboxylic acids is 1. The number of benzene rings is 1. The molecule has 0 saturated carbocycles. The van der Waals surface area contributed by atoms with Crippen LogP contribution in [0.1, 0.15) is 28.2 Å². The molecule has 1 aromatic carbocycles. The Balaban J connectivity index is 0.00000162. The third kappa shape index (κ3) is 2.83. The number of aromatic nitrogens is 1. The van der Waals surface area contributed by atoms with Crippen molar-refractivity contribution in [2.75, 3.05) is 0 Å². The fourth-order valence-corrected chi connectivity index (χ4v) is 1.60. The second-order valence-electron chi connectivity index (χ2n) is 4.91. The maximum Gasteiger partial charge on any atom is 0.418 e. The highest BCUT2D eigenvalue weighted by Crippen LogP contribution is 2.22. The molecule has 1 heterocycles. The minimum Gasteiger partial charge on any atom is -0.508 e. The molecule has 0 fully saturated rings. The summed E-state index contributed by atoms with van der Waals surface area (Å²) in [4.78, 5) is 11.9. The van der Waals surface area contributed by atoms with Crippen LogP contribution in [0.4, 0.5) is 4.79 Å². The standard InChI is InChI=1S/C13H15NO3.CH4/c1-13(2,3)17-12(16)14-7-6-9-8-10(15)4-5-11(9)14;/h4-8,15H,1-3H3;1H4. The van der Waals surface area contributed by atoms with Gasteiger partial charge in [0.05, 0.1) is 5.52 Å². The number of hydrogen-bond acceptors (Lipinski definition) is 3. The molecule has 2 aromatic rings. The van der Waals surface area contributed by atoms with Gasteiger partial charge >= 0.3 is 6.09 Å². The molecular weight excluding hydrogens is 230 g/mol. The number of phenols is 1. The number of hydrogen-bond donors (Lipinski definition) is 1. The van der Waals surface area contributed by atoms with Crippen LogP contribution in [0.3, 0.4) is 0 Å². The number of fused-ring (bicyclic) bond motifs is 1. The summed E-state index contributed by atoms with van der Waals surface area (Å²) in [6.07, 6.45) is 1.22. The lowest BCUT2D eigenvalue weighted by Gasteiger charge is -2.19. The number of ether oxygens (including phenoxy) is 1. The van der Waals surface area contributed by atoms with E-state index in [0.29, 0.717) is 0 Å². The van der Waals surface area contributed by atoms with Gasteiger partial charge in [-0.2, -0.15) is 0 Å². The third-order valence-electron chi connectivity index (χ3n) is 2.26. The molecule has 0 amide bonds. The zero-order valence-corrected chi connectivity index (χ0v) is 10.1. The van der Waals surface area contributed by atoms with E-state index in [4.69, 9.17) is 4.74 Å². The molecule has 0 aliphatic carbocycles. The van der Waals surface area contributed by atoms with Crippen molar-refractivity contribution in [3.63, 3.8) is 0 Å². The monoisotopic (exact) mass is 249 g/mol. The van der Waals surface area contributed by atoms with Crippen LogP contribution in [0.25, 0.3) is 10.9 Å². The first kappa shape index (κ1) is 14.1. The molecule has 1 aromatic heterocycles. The van der Waals surface area contributed by atoms with Gasteiger partial charge in [-0.25, -0.2) is 4.79 Å². The van der Waals surface area contributed by atoms with Gasteiger partial charge in [-0.3, -0.25) is 4.57 Å². The van der Waals surface area contributed by atoms with Gasteiger partial charge in [0.1, 0.15) is 11.4 Å². The quantitative estimate of drug-likeness (QED) is 0.773. The van der Waals surface area contributed by atoms with E-state index < -0.39 is 11.7 Å². The lowest BCUT2D eigenvalue weighted by Crippen LogP contribution is -2.26. The van der Waals surface area contributed by atoms with Crippen molar-refractivity contribution in [3.05, 3.63) is 30.5 Å². The molecule has 0 aliphatic rings. The molecule has 18 heavy (non-hydrogen) atoms. The molecule has 0 atom stereocenters. The van der Waals surface area contributed by atoms with Crippen molar-refractivity contribution in [2.24, 2.45) is 0 Å². The molecule has 0 saturated heterocycles. The number of nitrogens with zero attached hydrogens (tertiary/aromatic N) is 1. The Bertz CT molecular complexity index is 564. The van der Waals surface area contributed by atoms with Gasteiger partial charge in [0, 0.05) is 11.6 Å². The van der Waals surface area contributed by atoms with Crippen molar-refractivity contribution >= 4 is 17.0 Å². The van der Waals surface area contributed by atoms with E-state index in [1.165, 1.54) is 4.57 Å². The van der Waals surface area contributed by atoms with Gasteiger partial charge in [0.25, 0.3) is 0 Å². The third-order valence-corrected chi connectivity index (χ3v) is 2.26. The molecule has 0 bridgehead atoms. The van der Waals surface area contributed by atoms with E-state index in [-0.39, 0.29) is 13.2 Å². The Morgan fingerprint density at radius 1 is 1.28 bits per heavy atom. The van der Waals surface area contributed by atoms with Crippen LogP contribution in [0.2, 0.25) is 0 Å². The van der Waals surface area contributed by atoms with Gasteiger partial charge in [-0.1, -0.05) is 7.43 Å². The zero-order chi connectivity index (χ0) is 12.6. The molecule has 4 heteroatoms. The van der Waals surface area contributed by atoms with Crippen LogP contribution in [-0.4, -0.2) is 21.4 Å². The highest BCUT2D eigenvalue weighted by Gasteiger charge is 2.18. The van der Waals surface area contributed by atoms with Crippen molar-refractivity contribution in [2.45, 2.75) is 33.8 Å². The number of carbonyl (C=O) groups is 1. The smallest absolute Gasteiger partial charge is 0.418 e. The van der Waals surface area contributed by atoms with E-state index in [1.807, 2.05) is 20.8 Å². The minimum atomic E-state index is -0.523. The molecule has 4 nitrogen and oxygen atoms in total. The van der Waals surface area contributed by atoms with Crippen molar-refractivity contribution in [3.8, 4) is 5.75 Å². The van der Waals surface area contributed by atoms with E-state index in [9.17, 15) is 9.90 Å². The average molecular weight is 249 g/mol. The molecule has 2 rings (SSSR count). The largest absolute Gasteiger partial charge is 0.508 e. The first-order valence-corrected chi connectivity index (χ1v) is 5.40. The SMILES string of the molecule is C.CC(C)(C)OC(=O)n1ccc2cc(O)ccc21. The van der Waals surface area contributed by atoms with Gasteiger partial charge in [0.15, 0.2) is 0 Å². The summed E-state index contributed by atoms with van der Waals surface area (Å²) in [7, 11) is 0. The first-order chi connectivity index (χ1) is 7.87. The molecule has 0 spiro atoms. The Morgan fingerprint density at radius 3 is 2.56 bits per heavy atom. The Labute approximate surface area is 107 Å². The summed E-state index contributed by atoms with van der Waals surface area (Å²) in [5.74, 6) is 0.180. The summed E-state index contributed by atoms with van der Waals surface area (Å²) >= 11 is 0. The predicted octanol–water partition coefficient (Wildman–Crippen LogP) is 3.77. The van der Waals surface area contributed by atoms with Crippen LogP contribution < -0.4 is 0 Å². The lowest BCUT2D eigenvalue weighted by molar-refractivity contribution is 0.0544. The van der Waals surface area contributed by atoms with E-state index >= 15 is 0 Å². The fraction of sp³-hybridized carbons (Fsp3) is 0.357. The van der Waals surface area contributed by atoms with Crippen molar-refractivity contribution in [1.82, 2.24) is 4.57 Å². The van der Waals surface area contributed by atoms with Gasteiger partial charge in [-0.05, 0) is 45.0 Å². The zero-order valence-electron chi connectivity index (χ0n) is 10.1.